The molecule has 0 aliphatic heterocycles. The van der Waals surface area contributed by atoms with Crippen molar-refractivity contribution in [1.29, 1.82) is 0 Å². The van der Waals surface area contributed by atoms with Crippen LogP contribution in [0.5, 0.6) is 0 Å². The third-order valence-corrected chi connectivity index (χ3v) is 0. The Bertz CT molecular complexity index is 8.00. The molecule has 0 heterocycles. The van der Waals surface area contributed by atoms with Crippen LogP contribution in [0.4, 0.5) is 0 Å². The van der Waals surface area contributed by atoms with Gasteiger partial charge in [-0.15, -0.1) is 0 Å². The second kappa shape index (κ2) is 21.2. The van der Waals surface area contributed by atoms with E-state index in [-0.39, 0.29) is 65.2 Å². The van der Waals surface area contributed by atoms with E-state index in [2.05, 4.69) is 0 Å². The summed E-state index contributed by atoms with van der Waals surface area (Å²) >= 11 is 0. The zero-order valence-corrected chi connectivity index (χ0v) is 6.19. The Labute approximate surface area is 64.7 Å². The summed E-state index contributed by atoms with van der Waals surface area (Å²) in [5.74, 6) is 0. The van der Waals surface area contributed by atoms with E-state index >= 15 is 0 Å². The minimum atomic E-state index is 0. The fourth-order valence-electron chi connectivity index (χ4n) is 0. The maximum absolute atomic E-state index is 0. The first kappa shape index (κ1) is 40.7. The first-order valence-corrected chi connectivity index (χ1v) is 0. The largest absolute Gasteiger partial charge is 0.0776 e. The first-order chi connectivity index (χ1) is 0. The minimum Gasteiger partial charge on any atom is -0.0776 e. The van der Waals surface area contributed by atoms with Crippen LogP contribution in [-0.2, 0) is 33.8 Å². The standard InChI is InChI=1S/CH4.Co.Fe.Sn/h1H4;;;. The van der Waals surface area contributed by atoms with E-state index in [0.29, 0.717) is 0 Å². The predicted molar refractivity (Wildman–Crippen MR) is 12.5 cm³/mol. The summed E-state index contributed by atoms with van der Waals surface area (Å²) in [6.07, 6.45) is 0. The Hall–Kier alpha value is 1.82. The van der Waals surface area contributed by atoms with Gasteiger partial charge in [-0.05, 0) is 0 Å². The minimum absolute atomic E-state index is 0. The van der Waals surface area contributed by atoms with E-state index < -0.39 is 0 Å². The molecular weight excluding hydrogens is 246 g/mol. The van der Waals surface area contributed by atoms with Crippen molar-refractivity contribution >= 4 is 23.9 Å². The van der Waals surface area contributed by atoms with Crippen molar-refractivity contribution < 1.29 is 33.8 Å². The average Bonchev–Trinajstić information content (AvgIpc) is 0. The molecule has 0 nitrogen and oxygen atoms in total. The maximum Gasteiger partial charge on any atom is 0 e. The SMILES string of the molecule is C.[Co].[Fe].[Sn]. The van der Waals surface area contributed by atoms with Gasteiger partial charge >= 0.3 is 0 Å². The first-order valence-electron chi connectivity index (χ1n) is 0. The van der Waals surface area contributed by atoms with Crippen LogP contribution >= 0.6 is 0 Å². The van der Waals surface area contributed by atoms with Crippen molar-refractivity contribution in [2.24, 2.45) is 0 Å². The van der Waals surface area contributed by atoms with Crippen molar-refractivity contribution in [1.82, 2.24) is 0 Å². The van der Waals surface area contributed by atoms with Crippen LogP contribution in [0.2, 0.25) is 0 Å². The summed E-state index contributed by atoms with van der Waals surface area (Å²) in [6.45, 7) is 0. The molecule has 0 aliphatic carbocycles. The summed E-state index contributed by atoms with van der Waals surface area (Å²) in [4.78, 5) is 0. The van der Waals surface area contributed by atoms with Gasteiger partial charge < -0.3 is 0 Å². The molecule has 0 unspecified atom stereocenters. The van der Waals surface area contributed by atoms with Crippen LogP contribution < -0.4 is 0 Å². The van der Waals surface area contributed by atoms with Gasteiger partial charge in [0.2, 0.25) is 0 Å². The van der Waals surface area contributed by atoms with E-state index in [4.69, 9.17) is 0 Å². The van der Waals surface area contributed by atoms with Gasteiger partial charge in [0, 0.05) is 57.8 Å². The molecule has 0 saturated heterocycles. The van der Waals surface area contributed by atoms with Crippen molar-refractivity contribution in [2.75, 3.05) is 0 Å². The van der Waals surface area contributed by atoms with Crippen molar-refractivity contribution in [2.45, 2.75) is 7.43 Å². The molecule has 29 valence electrons. The molecule has 4 heavy (non-hydrogen) atoms. The quantitative estimate of drug-likeness (QED) is 0.540. The molecule has 0 aliphatic rings. The topological polar surface area (TPSA) is 0 Å². The van der Waals surface area contributed by atoms with Gasteiger partial charge in [0.25, 0.3) is 0 Å². The van der Waals surface area contributed by atoms with Gasteiger partial charge in [-0.2, -0.15) is 0 Å². The number of hydrogen-bond donors (Lipinski definition) is 0. The molecule has 0 aromatic heterocycles. The Morgan fingerprint density at radius 1 is 1.00 bits per heavy atom. The van der Waals surface area contributed by atoms with Gasteiger partial charge in [-0.25, -0.2) is 0 Å². The summed E-state index contributed by atoms with van der Waals surface area (Å²) in [5, 5.41) is 0. The Morgan fingerprint density at radius 3 is 1.00 bits per heavy atom. The molecule has 0 rings (SSSR count). The Morgan fingerprint density at radius 2 is 1.00 bits per heavy atom. The van der Waals surface area contributed by atoms with Crippen LogP contribution in [0, 0.1) is 0 Å². The third-order valence-electron chi connectivity index (χ3n) is 0. The van der Waals surface area contributed by atoms with E-state index in [1.165, 1.54) is 0 Å². The molecular formula is CH4CoFeSn. The molecule has 0 amide bonds. The van der Waals surface area contributed by atoms with Gasteiger partial charge in [-0.1, -0.05) is 7.43 Å². The third kappa shape index (κ3) is 9.17. The molecule has 5 radical (unpaired) electrons. The second-order valence-corrected chi connectivity index (χ2v) is 0. The normalized spacial score (nSPS) is 0. The van der Waals surface area contributed by atoms with Gasteiger partial charge in [0.15, 0.2) is 0 Å². The summed E-state index contributed by atoms with van der Waals surface area (Å²) in [6, 6.07) is 0. The Balaban J connectivity index is 0. The van der Waals surface area contributed by atoms with Crippen LogP contribution in [0.3, 0.4) is 0 Å². The molecule has 0 spiro atoms. The summed E-state index contributed by atoms with van der Waals surface area (Å²) < 4.78 is 0. The molecule has 0 fully saturated rings. The number of hydrogen-bond acceptors (Lipinski definition) is 0. The van der Waals surface area contributed by atoms with E-state index in [1.807, 2.05) is 0 Å². The van der Waals surface area contributed by atoms with Crippen LogP contribution in [0.25, 0.3) is 0 Å². The molecule has 0 aromatic rings. The monoisotopic (exact) mass is 251 g/mol. The molecule has 3 heteroatoms. The Kier molecular flexibility index (Phi) is 216. The predicted octanol–water partition coefficient (Wildman–Crippen LogP) is 0.250. The van der Waals surface area contributed by atoms with Gasteiger partial charge in [0.1, 0.15) is 0 Å². The van der Waals surface area contributed by atoms with Crippen molar-refractivity contribution in [3.63, 3.8) is 0 Å². The molecule has 0 bridgehead atoms. The zero-order chi connectivity index (χ0) is 0. The van der Waals surface area contributed by atoms with Crippen LogP contribution in [0.1, 0.15) is 7.43 Å². The van der Waals surface area contributed by atoms with Crippen LogP contribution in [0.15, 0.2) is 0 Å². The average molecular weight is 250 g/mol. The van der Waals surface area contributed by atoms with Gasteiger partial charge in [-0.3, -0.25) is 0 Å². The molecule has 0 N–H and O–H groups in total. The zero-order valence-electron chi connectivity index (χ0n) is 1.19. The van der Waals surface area contributed by atoms with Crippen molar-refractivity contribution in [3.05, 3.63) is 0 Å². The van der Waals surface area contributed by atoms with Crippen LogP contribution in [-0.4, -0.2) is 23.9 Å². The van der Waals surface area contributed by atoms with Gasteiger partial charge in [0.05, 0.1) is 0 Å². The smallest absolute Gasteiger partial charge is 0 e. The van der Waals surface area contributed by atoms with Crippen molar-refractivity contribution in [3.8, 4) is 0 Å². The summed E-state index contributed by atoms with van der Waals surface area (Å²) in [7, 11) is 0. The molecule has 0 aromatic carbocycles. The fraction of sp³-hybridized carbons (Fsp3) is 1.00. The fourth-order valence-corrected chi connectivity index (χ4v) is 0. The molecule has 0 atom stereocenters. The van der Waals surface area contributed by atoms with E-state index in [0.717, 1.165) is 0 Å². The second-order valence-electron chi connectivity index (χ2n) is 0. The summed E-state index contributed by atoms with van der Waals surface area (Å²) in [5.41, 5.74) is 0. The van der Waals surface area contributed by atoms with E-state index in [1.54, 1.807) is 0 Å². The molecule has 0 saturated carbocycles. The number of rotatable bonds is 0. The maximum atomic E-state index is 0. The van der Waals surface area contributed by atoms with E-state index in [9.17, 15) is 0 Å².